The Kier molecular flexibility index (Phi) is 4.59. The highest BCUT2D eigenvalue weighted by Crippen LogP contribution is 2.20. The SMILES string of the molecule is O=S(=O)(CC1CCCO1)NCc1cc(Br)cs1. The van der Waals surface area contributed by atoms with Crippen LogP contribution in [0.3, 0.4) is 0 Å². The van der Waals surface area contributed by atoms with Crippen molar-refractivity contribution in [2.24, 2.45) is 0 Å². The summed E-state index contributed by atoms with van der Waals surface area (Å²) in [6, 6.07) is 1.92. The molecule has 0 aromatic carbocycles. The summed E-state index contributed by atoms with van der Waals surface area (Å²) in [5.41, 5.74) is 0. The summed E-state index contributed by atoms with van der Waals surface area (Å²) in [7, 11) is -3.24. The van der Waals surface area contributed by atoms with Gasteiger partial charge in [-0.3, -0.25) is 0 Å². The van der Waals surface area contributed by atoms with E-state index in [4.69, 9.17) is 4.74 Å². The van der Waals surface area contributed by atoms with Crippen molar-refractivity contribution in [1.29, 1.82) is 0 Å². The number of nitrogens with one attached hydrogen (secondary N) is 1. The molecular formula is C10H14BrNO3S2. The molecule has 4 nitrogen and oxygen atoms in total. The predicted octanol–water partition coefficient (Wildman–Crippen LogP) is 2.11. The van der Waals surface area contributed by atoms with Crippen molar-refractivity contribution in [1.82, 2.24) is 4.72 Å². The second-order valence-electron chi connectivity index (χ2n) is 3.97. The largest absolute Gasteiger partial charge is 0.377 e. The molecule has 1 aliphatic rings. The highest BCUT2D eigenvalue weighted by Gasteiger charge is 2.22. The average Bonchev–Trinajstić information content (AvgIpc) is 2.86. The molecule has 0 amide bonds. The van der Waals surface area contributed by atoms with E-state index in [1.54, 1.807) is 0 Å². The summed E-state index contributed by atoms with van der Waals surface area (Å²) in [4.78, 5) is 0.993. The van der Waals surface area contributed by atoms with Crippen LogP contribution in [0.2, 0.25) is 0 Å². The quantitative estimate of drug-likeness (QED) is 0.893. The van der Waals surface area contributed by atoms with Gasteiger partial charge in [-0.1, -0.05) is 0 Å². The topological polar surface area (TPSA) is 55.4 Å². The summed E-state index contributed by atoms with van der Waals surface area (Å²) in [6.07, 6.45) is 1.66. The number of thiophene rings is 1. The normalized spacial score (nSPS) is 20.9. The third-order valence-electron chi connectivity index (χ3n) is 2.52. The van der Waals surface area contributed by atoms with E-state index in [1.807, 2.05) is 11.4 Å². The summed E-state index contributed by atoms with van der Waals surface area (Å²) >= 11 is 4.86. The zero-order valence-electron chi connectivity index (χ0n) is 9.19. The molecule has 1 aromatic rings. The molecule has 1 N–H and O–H groups in total. The number of rotatable bonds is 5. The van der Waals surface area contributed by atoms with Crippen molar-refractivity contribution in [3.63, 3.8) is 0 Å². The van der Waals surface area contributed by atoms with Crippen LogP contribution in [-0.2, 0) is 21.3 Å². The molecule has 0 bridgehead atoms. The number of halogens is 1. The minimum absolute atomic E-state index is 0.0690. The molecule has 1 saturated heterocycles. The van der Waals surface area contributed by atoms with E-state index in [0.29, 0.717) is 13.2 Å². The summed E-state index contributed by atoms with van der Waals surface area (Å²) in [5, 5.41) is 1.93. The molecule has 96 valence electrons. The van der Waals surface area contributed by atoms with Gasteiger partial charge < -0.3 is 4.74 Å². The van der Waals surface area contributed by atoms with Crippen LogP contribution in [0, 0.1) is 0 Å². The Labute approximate surface area is 114 Å². The molecule has 0 radical (unpaired) electrons. The predicted molar refractivity (Wildman–Crippen MR) is 71.6 cm³/mol. The summed E-state index contributed by atoms with van der Waals surface area (Å²) in [6.45, 7) is 1.03. The van der Waals surface area contributed by atoms with Crippen LogP contribution in [-0.4, -0.2) is 26.9 Å². The van der Waals surface area contributed by atoms with Crippen molar-refractivity contribution in [2.45, 2.75) is 25.5 Å². The lowest BCUT2D eigenvalue weighted by Crippen LogP contribution is -2.31. The Morgan fingerprint density at radius 2 is 2.41 bits per heavy atom. The first kappa shape index (κ1) is 13.5. The molecule has 2 heterocycles. The highest BCUT2D eigenvalue weighted by molar-refractivity contribution is 9.10. The maximum atomic E-state index is 11.8. The van der Waals surface area contributed by atoms with Crippen molar-refractivity contribution in [3.05, 3.63) is 20.8 Å². The number of sulfonamides is 1. The van der Waals surface area contributed by atoms with Gasteiger partial charge in [0.2, 0.25) is 10.0 Å². The van der Waals surface area contributed by atoms with Gasteiger partial charge in [-0.2, -0.15) is 0 Å². The molecule has 1 atom stereocenters. The molecular weight excluding hydrogens is 326 g/mol. The standard InChI is InChI=1S/C10H14BrNO3S2/c11-8-4-10(16-6-8)5-12-17(13,14)7-9-2-1-3-15-9/h4,6,9,12H,1-3,5,7H2. The molecule has 17 heavy (non-hydrogen) atoms. The second kappa shape index (κ2) is 5.79. The van der Waals surface area contributed by atoms with Crippen molar-refractivity contribution in [2.75, 3.05) is 12.4 Å². The molecule has 2 rings (SSSR count). The van der Waals surface area contributed by atoms with Crippen molar-refractivity contribution < 1.29 is 13.2 Å². The zero-order chi connectivity index (χ0) is 12.3. The number of hydrogen-bond acceptors (Lipinski definition) is 4. The molecule has 0 spiro atoms. The molecule has 0 saturated carbocycles. The van der Waals surface area contributed by atoms with Gasteiger partial charge >= 0.3 is 0 Å². The van der Waals surface area contributed by atoms with Crippen LogP contribution < -0.4 is 4.72 Å². The van der Waals surface area contributed by atoms with Crippen LogP contribution in [0.4, 0.5) is 0 Å². The van der Waals surface area contributed by atoms with Crippen molar-refractivity contribution in [3.8, 4) is 0 Å². The second-order valence-corrected chi connectivity index (χ2v) is 7.73. The van der Waals surface area contributed by atoms with E-state index in [0.717, 1.165) is 22.2 Å². The smallest absolute Gasteiger partial charge is 0.214 e. The monoisotopic (exact) mass is 339 g/mol. The number of hydrogen-bond donors (Lipinski definition) is 1. The summed E-state index contributed by atoms with van der Waals surface area (Å²) in [5.74, 6) is 0.0690. The fourth-order valence-corrected chi connectivity index (χ4v) is 4.43. The van der Waals surface area contributed by atoms with Gasteiger partial charge in [-0.05, 0) is 34.8 Å². The van der Waals surface area contributed by atoms with Crippen LogP contribution >= 0.6 is 27.3 Å². The lowest BCUT2D eigenvalue weighted by atomic mass is 10.3. The van der Waals surface area contributed by atoms with Crippen LogP contribution in [0.25, 0.3) is 0 Å². The Bertz CT molecular complexity index is 466. The Hall–Kier alpha value is 0.0500. The molecule has 1 fully saturated rings. The Morgan fingerprint density at radius 3 is 3.00 bits per heavy atom. The van der Waals surface area contributed by atoms with E-state index < -0.39 is 10.0 Å². The average molecular weight is 340 g/mol. The lowest BCUT2D eigenvalue weighted by molar-refractivity contribution is 0.127. The molecule has 0 aliphatic carbocycles. The van der Waals surface area contributed by atoms with E-state index >= 15 is 0 Å². The van der Waals surface area contributed by atoms with E-state index in [1.165, 1.54) is 11.3 Å². The van der Waals surface area contributed by atoms with Crippen molar-refractivity contribution >= 4 is 37.3 Å². The summed E-state index contributed by atoms with van der Waals surface area (Å²) < 4.78 is 32.4. The van der Waals surface area contributed by atoms with Gasteiger partial charge in [0.1, 0.15) is 0 Å². The first-order valence-corrected chi connectivity index (χ1v) is 8.69. The maximum absolute atomic E-state index is 11.8. The lowest BCUT2D eigenvalue weighted by Gasteiger charge is -2.10. The Balaban J connectivity index is 1.84. The van der Waals surface area contributed by atoms with Gasteiger partial charge in [-0.15, -0.1) is 11.3 Å². The molecule has 1 aromatic heterocycles. The fraction of sp³-hybridized carbons (Fsp3) is 0.600. The van der Waals surface area contributed by atoms with Crippen LogP contribution in [0.5, 0.6) is 0 Å². The van der Waals surface area contributed by atoms with E-state index in [9.17, 15) is 8.42 Å². The minimum Gasteiger partial charge on any atom is -0.377 e. The van der Waals surface area contributed by atoms with Gasteiger partial charge in [0.15, 0.2) is 0 Å². The van der Waals surface area contributed by atoms with Gasteiger partial charge in [0, 0.05) is 27.9 Å². The third kappa shape index (κ3) is 4.33. The fourth-order valence-electron chi connectivity index (χ4n) is 1.71. The third-order valence-corrected chi connectivity index (χ3v) is 5.61. The van der Waals surface area contributed by atoms with Crippen LogP contribution in [0.15, 0.2) is 15.9 Å². The maximum Gasteiger partial charge on any atom is 0.214 e. The first-order valence-electron chi connectivity index (χ1n) is 5.37. The molecule has 7 heteroatoms. The van der Waals surface area contributed by atoms with Gasteiger partial charge in [-0.25, -0.2) is 13.1 Å². The van der Waals surface area contributed by atoms with Crippen LogP contribution in [0.1, 0.15) is 17.7 Å². The van der Waals surface area contributed by atoms with Gasteiger partial charge in [0.05, 0.1) is 11.9 Å². The number of ether oxygens (including phenoxy) is 1. The zero-order valence-corrected chi connectivity index (χ0v) is 12.4. The van der Waals surface area contributed by atoms with Gasteiger partial charge in [0.25, 0.3) is 0 Å². The minimum atomic E-state index is -3.24. The van der Waals surface area contributed by atoms with E-state index in [-0.39, 0.29) is 11.9 Å². The molecule has 1 aliphatic heterocycles. The Morgan fingerprint density at radius 1 is 1.59 bits per heavy atom. The van der Waals surface area contributed by atoms with E-state index in [2.05, 4.69) is 20.7 Å². The highest BCUT2D eigenvalue weighted by atomic mass is 79.9. The molecule has 1 unspecified atom stereocenters. The first-order chi connectivity index (χ1) is 8.05.